The van der Waals surface area contributed by atoms with E-state index in [4.69, 9.17) is 0 Å². The molecule has 0 N–H and O–H groups in total. The molecule has 0 amide bonds. The molecule has 1 atom stereocenters. The third-order valence-electron chi connectivity index (χ3n) is 9.63. The van der Waals surface area contributed by atoms with E-state index in [1.807, 2.05) is 0 Å². The Morgan fingerprint density at radius 1 is 0.718 bits per heavy atom. The number of likely N-dealkylation sites (N-methyl/N-ethyl adjacent to an activating group) is 1. The van der Waals surface area contributed by atoms with E-state index < -0.39 is 0 Å². The summed E-state index contributed by atoms with van der Waals surface area (Å²) in [5.41, 5.74) is 9.01. The first-order valence-electron chi connectivity index (χ1n) is 15.8. The third-order valence-corrected chi connectivity index (χ3v) is 9.63. The summed E-state index contributed by atoms with van der Waals surface area (Å²) in [5, 5.41) is 0. The van der Waals surface area contributed by atoms with Crippen molar-refractivity contribution in [3.8, 4) is 0 Å². The van der Waals surface area contributed by atoms with Gasteiger partial charge in [-0.25, -0.2) is 0 Å². The van der Waals surface area contributed by atoms with Gasteiger partial charge < -0.3 is 14.3 Å². The van der Waals surface area contributed by atoms with Crippen LogP contribution in [0.4, 0.5) is 11.4 Å². The summed E-state index contributed by atoms with van der Waals surface area (Å²) in [6.45, 7) is 30.6. The fraction of sp³-hybridized carbons (Fsp3) is 0.657. The van der Waals surface area contributed by atoms with Gasteiger partial charge in [0.25, 0.3) is 0 Å². The van der Waals surface area contributed by atoms with Gasteiger partial charge in [-0.2, -0.15) is 0 Å². The van der Waals surface area contributed by atoms with Crippen molar-refractivity contribution in [2.24, 2.45) is 0 Å². The minimum absolute atomic E-state index is 0.473. The van der Waals surface area contributed by atoms with E-state index in [0.717, 1.165) is 19.8 Å². The summed E-state index contributed by atoms with van der Waals surface area (Å²) in [7, 11) is 2.44. The van der Waals surface area contributed by atoms with Crippen molar-refractivity contribution >= 4 is 11.4 Å². The number of para-hydroxylation sites is 2. The van der Waals surface area contributed by atoms with Gasteiger partial charge in [0.2, 0.25) is 0 Å². The maximum Gasteiger partial charge on any atom is 0.0914 e. The molecular weight excluding hydrogens is 476 g/mol. The second kappa shape index (κ2) is 12.2. The molecule has 0 aliphatic carbocycles. The zero-order chi connectivity index (χ0) is 28.5. The van der Waals surface area contributed by atoms with Crippen molar-refractivity contribution in [3.05, 3.63) is 58.7 Å². The molecule has 2 aliphatic heterocycles. The van der Waals surface area contributed by atoms with Gasteiger partial charge in [-0.05, 0) is 52.8 Å². The van der Waals surface area contributed by atoms with E-state index in [-0.39, 0.29) is 0 Å². The summed E-state index contributed by atoms with van der Waals surface area (Å²) >= 11 is 0. The molecule has 0 saturated carbocycles. The van der Waals surface area contributed by atoms with Crippen molar-refractivity contribution in [2.75, 3.05) is 69.3 Å². The summed E-state index contributed by atoms with van der Waals surface area (Å²) in [6, 6.07) is 14.6. The number of anilines is 2. The van der Waals surface area contributed by atoms with Crippen LogP contribution >= 0.6 is 0 Å². The Balaban J connectivity index is 1.78. The molecular formula is C35H57N4+. The first-order valence-corrected chi connectivity index (χ1v) is 15.8. The number of piperazine rings is 1. The quantitative estimate of drug-likeness (QED) is 0.307. The number of quaternary nitrogens is 1. The van der Waals surface area contributed by atoms with Crippen LogP contribution in [0.25, 0.3) is 0 Å². The minimum Gasteiger partial charge on any atom is -0.351 e. The molecule has 2 aliphatic rings. The highest BCUT2D eigenvalue weighted by Crippen LogP contribution is 2.42. The molecule has 2 aromatic carbocycles. The maximum absolute atomic E-state index is 2.81. The van der Waals surface area contributed by atoms with Crippen LogP contribution in [0.5, 0.6) is 0 Å². The van der Waals surface area contributed by atoms with Crippen LogP contribution in [0.15, 0.2) is 36.4 Å². The van der Waals surface area contributed by atoms with E-state index in [9.17, 15) is 0 Å². The average Bonchev–Trinajstić information content (AvgIpc) is 3.31. The second-order valence-electron chi connectivity index (χ2n) is 13.9. The van der Waals surface area contributed by atoms with Gasteiger partial charge in [0.05, 0.1) is 39.4 Å². The van der Waals surface area contributed by atoms with Crippen molar-refractivity contribution in [1.29, 1.82) is 0 Å². The molecule has 2 saturated heterocycles. The Labute approximate surface area is 240 Å². The molecule has 216 valence electrons. The van der Waals surface area contributed by atoms with Gasteiger partial charge in [0.15, 0.2) is 0 Å². The Hall–Kier alpha value is -2.04. The van der Waals surface area contributed by atoms with Crippen LogP contribution in [0.1, 0.15) is 108 Å². The predicted molar refractivity (Wildman–Crippen MR) is 171 cm³/mol. The largest absolute Gasteiger partial charge is 0.351 e. The first-order chi connectivity index (χ1) is 18.5. The Bertz CT molecular complexity index is 1040. The number of hydrogen-bond donors (Lipinski definition) is 0. The first kappa shape index (κ1) is 29.9. The van der Waals surface area contributed by atoms with Crippen molar-refractivity contribution in [3.63, 3.8) is 0 Å². The van der Waals surface area contributed by atoms with Gasteiger partial charge in [-0.15, -0.1) is 0 Å². The molecule has 0 aromatic heterocycles. The minimum atomic E-state index is 0.473. The summed E-state index contributed by atoms with van der Waals surface area (Å²) in [6.07, 6.45) is 0. The van der Waals surface area contributed by atoms with E-state index in [2.05, 4.69) is 120 Å². The standard InChI is InChI=1S/C35H57N4/c1-11-39(10)20-18-36(19-21-39)22-29-23-37(34-30(25(2)3)14-12-15-31(34)26(4)5)24-38(29)35-32(27(6)7)16-13-17-33(35)28(8)9/h12-17,25-29H,11,18-24H2,1-10H3/q+1. The molecule has 4 rings (SSSR count). The fourth-order valence-corrected chi connectivity index (χ4v) is 6.79. The summed E-state index contributed by atoms with van der Waals surface area (Å²) in [5.74, 6) is 2.01. The molecule has 4 nitrogen and oxygen atoms in total. The lowest BCUT2D eigenvalue weighted by Crippen LogP contribution is -2.58. The third kappa shape index (κ3) is 6.33. The SMILES string of the molecule is CC[N+]1(C)CCN(CC2CN(c3c(C(C)C)cccc3C(C)C)CN2c2c(C(C)C)cccc2C(C)C)CC1. The summed E-state index contributed by atoms with van der Waals surface area (Å²) in [4.78, 5) is 8.32. The highest BCUT2D eigenvalue weighted by atomic mass is 15.4. The van der Waals surface area contributed by atoms with Gasteiger partial charge in [-0.3, -0.25) is 4.90 Å². The Kier molecular flexibility index (Phi) is 9.38. The lowest BCUT2D eigenvalue weighted by Gasteiger charge is -2.43. The zero-order valence-electron chi connectivity index (χ0n) is 26.8. The molecule has 2 fully saturated rings. The highest BCUT2D eigenvalue weighted by Gasteiger charge is 2.38. The smallest absolute Gasteiger partial charge is 0.0914 e. The molecule has 4 heteroatoms. The van der Waals surface area contributed by atoms with E-state index in [0.29, 0.717) is 29.7 Å². The summed E-state index contributed by atoms with van der Waals surface area (Å²) < 4.78 is 1.21. The van der Waals surface area contributed by atoms with Gasteiger partial charge in [0.1, 0.15) is 0 Å². The topological polar surface area (TPSA) is 9.72 Å². The molecule has 0 radical (unpaired) electrons. The maximum atomic E-state index is 2.81. The van der Waals surface area contributed by atoms with Crippen LogP contribution in [0, 0.1) is 0 Å². The van der Waals surface area contributed by atoms with Crippen LogP contribution in [0.3, 0.4) is 0 Å². The molecule has 2 heterocycles. The van der Waals surface area contributed by atoms with Crippen LogP contribution in [-0.4, -0.2) is 75.0 Å². The van der Waals surface area contributed by atoms with E-state index in [1.54, 1.807) is 0 Å². The number of rotatable bonds is 9. The molecule has 39 heavy (non-hydrogen) atoms. The van der Waals surface area contributed by atoms with E-state index >= 15 is 0 Å². The lowest BCUT2D eigenvalue weighted by molar-refractivity contribution is -0.911. The predicted octanol–water partition coefficient (Wildman–Crippen LogP) is 7.62. The van der Waals surface area contributed by atoms with Crippen molar-refractivity contribution in [1.82, 2.24) is 4.90 Å². The van der Waals surface area contributed by atoms with Crippen LogP contribution in [-0.2, 0) is 0 Å². The number of nitrogens with zero attached hydrogens (tertiary/aromatic N) is 4. The highest BCUT2D eigenvalue weighted by molar-refractivity contribution is 5.69. The lowest BCUT2D eigenvalue weighted by atomic mass is 9.91. The Morgan fingerprint density at radius 3 is 1.56 bits per heavy atom. The van der Waals surface area contributed by atoms with Gasteiger partial charge >= 0.3 is 0 Å². The van der Waals surface area contributed by atoms with Crippen LogP contribution < -0.4 is 9.80 Å². The van der Waals surface area contributed by atoms with Crippen molar-refractivity contribution < 1.29 is 4.48 Å². The normalized spacial score (nSPS) is 20.3. The number of hydrogen-bond acceptors (Lipinski definition) is 3. The van der Waals surface area contributed by atoms with Gasteiger partial charge in [0, 0.05) is 37.6 Å². The Morgan fingerprint density at radius 2 is 1.15 bits per heavy atom. The molecule has 2 aromatic rings. The average molecular weight is 534 g/mol. The molecule has 0 bridgehead atoms. The molecule has 0 spiro atoms. The fourth-order valence-electron chi connectivity index (χ4n) is 6.79. The zero-order valence-corrected chi connectivity index (χ0v) is 26.8. The van der Waals surface area contributed by atoms with E-state index in [1.165, 1.54) is 70.8 Å². The van der Waals surface area contributed by atoms with Crippen LogP contribution in [0.2, 0.25) is 0 Å². The van der Waals surface area contributed by atoms with Gasteiger partial charge in [-0.1, -0.05) is 91.8 Å². The monoisotopic (exact) mass is 533 g/mol. The second-order valence-corrected chi connectivity index (χ2v) is 13.9. The molecule has 1 unspecified atom stereocenters. The number of benzene rings is 2. The van der Waals surface area contributed by atoms with Crippen molar-refractivity contribution in [2.45, 2.75) is 92.0 Å².